The second-order valence-corrected chi connectivity index (χ2v) is 6.14. The number of thiazole rings is 1. The molecule has 0 bridgehead atoms. The quantitative estimate of drug-likeness (QED) is 0.733. The standard InChI is InChI=1S/C8H12IN3S/c1-11-2-4-12(5-3-11)8-10-6-7(9)13-8/h6H,2-5H2,1H3. The second-order valence-electron chi connectivity index (χ2n) is 3.24. The molecule has 5 heteroatoms. The Kier molecular flexibility index (Phi) is 3.05. The van der Waals surface area contributed by atoms with Crippen molar-refractivity contribution in [3.8, 4) is 0 Å². The van der Waals surface area contributed by atoms with Gasteiger partial charge >= 0.3 is 0 Å². The van der Waals surface area contributed by atoms with Crippen LogP contribution in [0.15, 0.2) is 6.20 Å². The van der Waals surface area contributed by atoms with Crippen molar-refractivity contribution in [1.29, 1.82) is 0 Å². The summed E-state index contributed by atoms with van der Waals surface area (Å²) in [6.07, 6.45) is 1.94. The van der Waals surface area contributed by atoms with E-state index in [4.69, 9.17) is 0 Å². The summed E-state index contributed by atoms with van der Waals surface area (Å²) in [6, 6.07) is 0. The third kappa shape index (κ3) is 2.32. The Hall–Kier alpha value is 0.120. The lowest BCUT2D eigenvalue weighted by Crippen LogP contribution is -2.44. The van der Waals surface area contributed by atoms with Crippen LogP contribution in [0.5, 0.6) is 0 Å². The second kappa shape index (κ2) is 4.10. The Balaban J connectivity index is 2.02. The number of nitrogens with zero attached hydrogens (tertiary/aromatic N) is 3. The maximum atomic E-state index is 4.38. The van der Waals surface area contributed by atoms with Gasteiger partial charge in [-0.05, 0) is 29.6 Å². The molecule has 72 valence electrons. The topological polar surface area (TPSA) is 19.4 Å². The van der Waals surface area contributed by atoms with Gasteiger partial charge < -0.3 is 9.80 Å². The zero-order valence-electron chi connectivity index (χ0n) is 7.53. The van der Waals surface area contributed by atoms with Crippen LogP contribution in [0, 0.1) is 2.88 Å². The van der Waals surface area contributed by atoms with E-state index >= 15 is 0 Å². The summed E-state index contributed by atoms with van der Waals surface area (Å²) < 4.78 is 1.27. The van der Waals surface area contributed by atoms with Crippen LogP contribution in [-0.4, -0.2) is 43.1 Å². The number of likely N-dealkylation sites (N-methyl/N-ethyl adjacent to an activating group) is 1. The first-order chi connectivity index (χ1) is 6.25. The molecule has 0 atom stereocenters. The van der Waals surface area contributed by atoms with Gasteiger partial charge in [0.2, 0.25) is 0 Å². The third-order valence-electron chi connectivity index (χ3n) is 2.24. The molecule has 13 heavy (non-hydrogen) atoms. The number of hydrogen-bond acceptors (Lipinski definition) is 4. The summed E-state index contributed by atoms with van der Waals surface area (Å²) in [5.74, 6) is 0. The first-order valence-corrected chi connectivity index (χ1v) is 6.20. The average molecular weight is 309 g/mol. The van der Waals surface area contributed by atoms with E-state index in [9.17, 15) is 0 Å². The number of anilines is 1. The van der Waals surface area contributed by atoms with Gasteiger partial charge in [0, 0.05) is 26.2 Å². The van der Waals surface area contributed by atoms with Crippen molar-refractivity contribution >= 4 is 39.1 Å². The molecule has 1 aliphatic rings. The normalized spacial score (nSPS) is 19.4. The number of rotatable bonds is 1. The molecule has 1 aromatic heterocycles. The Labute approximate surface area is 95.9 Å². The van der Waals surface area contributed by atoms with Gasteiger partial charge in [0.1, 0.15) is 0 Å². The lowest BCUT2D eigenvalue weighted by atomic mass is 10.3. The smallest absolute Gasteiger partial charge is 0.186 e. The van der Waals surface area contributed by atoms with E-state index in [1.54, 1.807) is 11.3 Å². The van der Waals surface area contributed by atoms with E-state index in [0.29, 0.717) is 0 Å². The third-order valence-corrected chi connectivity index (χ3v) is 4.02. The minimum Gasteiger partial charge on any atom is -0.346 e. The minimum atomic E-state index is 1.11. The zero-order chi connectivity index (χ0) is 9.26. The monoisotopic (exact) mass is 309 g/mol. The molecule has 1 aliphatic heterocycles. The highest BCUT2D eigenvalue weighted by atomic mass is 127. The molecule has 1 fully saturated rings. The lowest BCUT2D eigenvalue weighted by molar-refractivity contribution is 0.313. The molecule has 0 N–H and O–H groups in total. The molecule has 3 nitrogen and oxygen atoms in total. The van der Waals surface area contributed by atoms with E-state index in [0.717, 1.165) is 26.2 Å². The maximum absolute atomic E-state index is 4.38. The number of halogens is 1. The van der Waals surface area contributed by atoms with Crippen LogP contribution in [0.2, 0.25) is 0 Å². The fourth-order valence-electron chi connectivity index (χ4n) is 1.39. The summed E-state index contributed by atoms with van der Waals surface area (Å²) >= 11 is 4.10. The summed E-state index contributed by atoms with van der Waals surface area (Å²) in [4.78, 5) is 9.11. The van der Waals surface area contributed by atoms with E-state index in [1.165, 1.54) is 8.02 Å². The van der Waals surface area contributed by atoms with Gasteiger partial charge in [-0.1, -0.05) is 11.3 Å². The van der Waals surface area contributed by atoms with Gasteiger partial charge in [0.25, 0.3) is 0 Å². The van der Waals surface area contributed by atoms with Crippen molar-refractivity contribution in [2.75, 3.05) is 38.1 Å². The van der Waals surface area contributed by atoms with Gasteiger partial charge in [0.05, 0.1) is 9.08 Å². The number of piperazine rings is 1. The summed E-state index contributed by atoms with van der Waals surface area (Å²) in [7, 11) is 2.17. The van der Waals surface area contributed by atoms with E-state index in [1.807, 2.05) is 6.20 Å². The van der Waals surface area contributed by atoms with Crippen LogP contribution >= 0.6 is 33.9 Å². The van der Waals surface area contributed by atoms with Crippen molar-refractivity contribution < 1.29 is 0 Å². The molecular weight excluding hydrogens is 297 g/mol. The maximum Gasteiger partial charge on any atom is 0.186 e. The first kappa shape index (κ1) is 9.67. The molecule has 1 aromatic rings. The molecule has 2 rings (SSSR count). The molecule has 0 saturated carbocycles. The predicted octanol–water partition coefficient (Wildman–Crippen LogP) is 1.50. The largest absolute Gasteiger partial charge is 0.346 e. The predicted molar refractivity (Wildman–Crippen MR) is 64.5 cm³/mol. The molecule has 2 heterocycles. The minimum absolute atomic E-state index is 1.11. The highest BCUT2D eigenvalue weighted by Gasteiger charge is 2.16. The van der Waals surface area contributed by atoms with Crippen LogP contribution in [-0.2, 0) is 0 Å². The Morgan fingerprint density at radius 3 is 2.62 bits per heavy atom. The van der Waals surface area contributed by atoms with E-state index < -0.39 is 0 Å². The van der Waals surface area contributed by atoms with Crippen LogP contribution in [0.4, 0.5) is 5.13 Å². The summed E-state index contributed by atoms with van der Waals surface area (Å²) in [6.45, 7) is 4.52. The van der Waals surface area contributed by atoms with Crippen LogP contribution in [0.3, 0.4) is 0 Å². The number of hydrogen-bond donors (Lipinski definition) is 0. The highest BCUT2D eigenvalue weighted by Crippen LogP contribution is 2.24. The van der Waals surface area contributed by atoms with Crippen LogP contribution in [0.1, 0.15) is 0 Å². The Bertz CT molecular complexity index is 281. The van der Waals surface area contributed by atoms with Crippen LogP contribution < -0.4 is 4.90 Å². The van der Waals surface area contributed by atoms with Gasteiger partial charge in [-0.25, -0.2) is 4.98 Å². The molecule has 0 spiro atoms. The Morgan fingerprint density at radius 1 is 1.38 bits per heavy atom. The van der Waals surface area contributed by atoms with E-state index in [-0.39, 0.29) is 0 Å². The molecule has 0 amide bonds. The Morgan fingerprint density at radius 2 is 2.08 bits per heavy atom. The fourth-order valence-corrected chi connectivity index (χ4v) is 2.82. The van der Waals surface area contributed by atoms with Crippen molar-refractivity contribution in [2.24, 2.45) is 0 Å². The highest BCUT2D eigenvalue weighted by molar-refractivity contribution is 14.1. The van der Waals surface area contributed by atoms with Gasteiger partial charge in [0.15, 0.2) is 5.13 Å². The molecule has 0 aliphatic carbocycles. The SMILES string of the molecule is CN1CCN(c2ncc(I)s2)CC1. The number of aromatic nitrogens is 1. The summed E-state index contributed by atoms with van der Waals surface area (Å²) in [5, 5.41) is 1.18. The van der Waals surface area contributed by atoms with Crippen LogP contribution in [0.25, 0.3) is 0 Å². The molecule has 0 radical (unpaired) electrons. The van der Waals surface area contributed by atoms with Crippen molar-refractivity contribution in [3.05, 3.63) is 9.08 Å². The van der Waals surface area contributed by atoms with E-state index in [2.05, 4.69) is 44.4 Å². The average Bonchev–Trinajstić information content (AvgIpc) is 2.53. The van der Waals surface area contributed by atoms with Crippen molar-refractivity contribution in [3.63, 3.8) is 0 Å². The van der Waals surface area contributed by atoms with Gasteiger partial charge in [-0.2, -0.15) is 0 Å². The molecule has 0 aromatic carbocycles. The molecule has 0 unspecified atom stereocenters. The van der Waals surface area contributed by atoms with Crippen molar-refractivity contribution in [2.45, 2.75) is 0 Å². The fraction of sp³-hybridized carbons (Fsp3) is 0.625. The van der Waals surface area contributed by atoms with Gasteiger partial charge in [-0.3, -0.25) is 0 Å². The summed E-state index contributed by atoms with van der Waals surface area (Å²) in [5.41, 5.74) is 0. The molecule has 1 saturated heterocycles. The lowest BCUT2D eigenvalue weighted by Gasteiger charge is -2.31. The zero-order valence-corrected chi connectivity index (χ0v) is 10.5. The van der Waals surface area contributed by atoms with Gasteiger partial charge in [-0.15, -0.1) is 0 Å². The molecular formula is C8H12IN3S. The first-order valence-electron chi connectivity index (χ1n) is 4.30. The van der Waals surface area contributed by atoms with Crippen molar-refractivity contribution in [1.82, 2.24) is 9.88 Å².